The van der Waals surface area contributed by atoms with Crippen molar-refractivity contribution in [1.82, 2.24) is 55.1 Å². The summed E-state index contributed by atoms with van der Waals surface area (Å²) < 4.78 is 13.4. The molecular weight excluding hydrogens is 873 g/mol. The lowest BCUT2D eigenvalue weighted by Gasteiger charge is -2.34. The Morgan fingerprint density at radius 2 is 1.78 bits per heavy atom. The van der Waals surface area contributed by atoms with Gasteiger partial charge in [0.1, 0.15) is 30.9 Å². The maximum Gasteiger partial charge on any atom is 0.254 e. The SMILES string of the molecule is Cc1ncsc1-c1ccc([C@H](C)NC(=O)[C@@H]2C[C@@H](O)CN2C(=O)[C@H](c2cc(OCCN3CCN(CCC#CCn4cc(-c5cc(-c6ccccc6O)nnc5N)cn4)CC3)no2)C(C)C)cn1. The molecule has 0 bridgehead atoms. The van der Waals surface area contributed by atoms with Crippen LogP contribution in [0.5, 0.6) is 11.6 Å². The molecule has 0 aliphatic carbocycles. The Balaban J connectivity index is 0.758. The van der Waals surface area contributed by atoms with Gasteiger partial charge < -0.3 is 35.4 Å². The van der Waals surface area contributed by atoms with Crippen molar-refractivity contribution in [3.05, 3.63) is 89.6 Å². The number of rotatable bonds is 16. The molecule has 2 saturated heterocycles. The number of hydrogen-bond donors (Lipinski definition) is 4. The molecule has 0 spiro atoms. The average molecular weight is 929 g/mol. The molecule has 4 atom stereocenters. The monoisotopic (exact) mass is 928 g/mol. The van der Waals surface area contributed by atoms with Crippen LogP contribution in [-0.4, -0.2) is 136 Å². The number of nitrogens with two attached hydrogens (primary N) is 1. The number of β-amino-alcohol motifs (C(OH)–C–C–N with tert-alkyl or cyclic N) is 1. The number of aromatic hydroxyl groups is 1. The van der Waals surface area contributed by atoms with Crippen molar-refractivity contribution in [2.75, 3.05) is 58.2 Å². The number of nitrogens with one attached hydrogen (secondary N) is 1. The van der Waals surface area contributed by atoms with E-state index in [1.807, 2.05) is 52.1 Å². The number of aryl methyl sites for hydroxylation is 1. The first-order valence-corrected chi connectivity index (χ1v) is 23.4. The van der Waals surface area contributed by atoms with E-state index in [1.165, 1.54) is 16.2 Å². The van der Waals surface area contributed by atoms with Crippen LogP contribution in [0, 0.1) is 24.7 Å². The van der Waals surface area contributed by atoms with Crippen LogP contribution in [0.3, 0.4) is 0 Å². The quantitative estimate of drug-likeness (QED) is 0.0959. The van der Waals surface area contributed by atoms with Crippen LogP contribution >= 0.6 is 11.3 Å². The summed E-state index contributed by atoms with van der Waals surface area (Å²) in [5.74, 6) is 5.97. The van der Waals surface area contributed by atoms with Crippen LogP contribution in [0.4, 0.5) is 5.82 Å². The number of amides is 2. The molecule has 67 heavy (non-hydrogen) atoms. The van der Waals surface area contributed by atoms with Crippen LogP contribution in [0.25, 0.3) is 33.0 Å². The van der Waals surface area contributed by atoms with Gasteiger partial charge >= 0.3 is 0 Å². The number of carbonyl (C=O) groups excluding carboxylic acids is 2. The number of piperazine rings is 1. The summed E-state index contributed by atoms with van der Waals surface area (Å²) in [5, 5.41) is 40.8. The predicted molar refractivity (Wildman–Crippen MR) is 252 cm³/mol. The third-order valence-electron chi connectivity index (χ3n) is 12.2. The third-order valence-corrected chi connectivity index (χ3v) is 13.2. The van der Waals surface area contributed by atoms with E-state index in [-0.39, 0.29) is 48.3 Å². The van der Waals surface area contributed by atoms with Crippen LogP contribution in [0.1, 0.15) is 62.6 Å². The highest BCUT2D eigenvalue weighted by atomic mass is 32.1. The average Bonchev–Trinajstić information content (AvgIpc) is 4.16. The number of phenols is 1. The van der Waals surface area contributed by atoms with Crippen LogP contribution < -0.4 is 15.8 Å². The van der Waals surface area contributed by atoms with E-state index in [0.29, 0.717) is 48.2 Å². The lowest BCUT2D eigenvalue weighted by Crippen LogP contribution is -2.48. The van der Waals surface area contributed by atoms with Crippen molar-refractivity contribution in [3.8, 4) is 56.4 Å². The van der Waals surface area contributed by atoms with Crippen molar-refractivity contribution < 1.29 is 29.1 Å². The molecule has 0 unspecified atom stereocenters. The lowest BCUT2D eigenvalue weighted by molar-refractivity contribution is -0.141. The molecule has 1 aromatic carbocycles. The smallest absolute Gasteiger partial charge is 0.254 e. The number of aliphatic hydroxyl groups excluding tert-OH is 1. The zero-order chi connectivity index (χ0) is 47.0. The largest absolute Gasteiger partial charge is 0.507 e. The Bertz CT molecular complexity index is 2700. The van der Waals surface area contributed by atoms with E-state index in [4.69, 9.17) is 15.0 Å². The van der Waals surface area contributed by atoms with Crippen molar-refractivity contribution in [2.45, 2.75) is 71.2 Å². The lowest BCUT2D eigenvalue weighted by atomic mass is 9.91. The topological polar surface area (TPSA) is 227 Å². The summed E-state index contributed by atoms with van der Waals surface area (Å²) >= 11 is 1.53. The van der Waals surface area contributed by atoms with Gasteiger partial charge in [-0.3, -0.25) is 29.1 Å². The number of pyridine rings is 1. The number of para-hydroxylation sites is 1. The molecule has 5 aromatic heterocycles. The molecule has 5 N–H and O–H groups in total. The number of thiazole rings is 1. The Morgan fingerprint density at radius 1 is 0.985 bits per heavy atom. The Labute approximate surface area is 393 Å². The van der Waals surface area contributed by atoms with Gasteiger partial charge in [-0.05, 0) is 54.8 Å². The van der Waals surface area contributed by atoms with Gasteiger partial charge in [-0.2, -0.15) is 5.10 Å². The van der Waals surface area contributed by atoms with Gasteiger partial charge in [0.2, 0.25) is 11.8 Å². The highest BCUT2D eigenvalue weighted by Crippen LogP contribution is 2.34. The Kier molecular flexibility index (Phi) is 14.9. The first-order chi connectivity index (χ1) is 32.4. The van der Waals surface area contributed by atoms with E-state index in [2.05, 4.69) is 57.4 Å². The zero-order valence-corrected chi connectivity index (χ0v) is 38.9. The van der Waals surface area contributed by atoms with E-state index in [0.717, 1.165) is 66.5 Å². The predicted octanol–water partition coefficient (Wildman–Crippen LogP) is 4.78. The maximum absolute atomic E-state index is 14.2. The van der Waals surface area contributed by atoms with Gasteiger partial charge in [0, 0.05) is 93.8 Å². The van der Waals surface area contributed by atoms with Crippen molar-refractivity contribution in [3.63, 3.8) is 0 Å². The van der Waals surface area contributed by atoms with Crippen LogP contribution in [-0.2, 0) is 16.1 Å². The second-order valence-corrected chi connectivity index (χ2v) is 18.1. The van der Waals surface area contributed by atoms with Gasteiger partial charge in [0.05, 0.1) is 45.8 Å². The zero-order valence-electron chi connectivity index (χ0n) is 38.1. The minimum absolute atomic E-state index is 0.0403. The van der Waals surface area contributed by atoms with Gasteiger partial charge in [-0.1, -0.05) is 38.0 Å². The van der Waals surface area contributed by atoms with Gasteiger partial charge in [0.25, 0.3) is 5.88 Å². The number of aliphatic hydroxyl groups is 1. The molecule has 0 saturated carbocycles. The van der Waals surface area contributed by atoms with E-state index >= 15 is 0 Å². The fraction of sp³-hybridized carbons (Fsp3) is 0.417. The van der Waals surface area contributed by atoms with E-state index in [1.54, 1.807) is 52.9 Å². The number of phenolic OH excluding ortho intramolecular Hbond substituents is 1. The number of benzene rings is 1. The standard InChI is InChI=1S/C48H56N12O6S/c1-30(2)44(48(64)60-28-35(61)22-40(60)47(63)53-31(3)33-12-13-38(50-25-33)45-32(4)51-29-67-45)42-24-43(56-66-42)65-21-20-58-18-16-57(17-19-58)14-8-5-9-15-59-27-34(26-52-59)37-23-39(54-55-46(37)49)36-10-6-7-11-41(36)62/h6-7,10-13,23-27,29-31,35,40,44,61-62H,8,14-22,28H2,1-4H3,(H2,49,55)(H,53,63)/t31-,35+,40-,44-/m0/s1. The summed E-state index contributed by atoms with van der Waals surface area (Å²) in [4.78, 5) is 43.9. The minimum atomic E-state index is -0.848. The number of likely N-dealkylation sites (tertiary alicyclic amines) is 1. The molecule has 2 amide bonds. The molecule has 6 aromatic rings. The number of anilines is 1. The molecule has 7 heterocycles. The summed E-state index contributed by atoms with van der Waals surface area (Å²) in [6, 6.07) is 13.0. The number of aromatic nitrogens is 7. The van der Waals surface area contributed by atoms with Crippen molar-refractivity contribution in [2.24, 2.45) is 5.92 Å². The maximum atomic E-state index is 14.2. The Morgan fingerprint density at radius 3 is 2.51 bits per heavy atom. The van der Waals surface area contributed by atoms with Crippen molar-refractivity contribution in [1.29, 1.82) is 0 Å². The number of carbonyl (C=O) groups is 2. The van der Waals surface area contributed by atoms with E-state index in [9.17, 15) is 19.8 Å². The molecule has 350 valence electrons. The van der Waals surface area contributed by atoms with Gasteiger partial charge in [0.15, 0.2) is 11.6 Å². The first kappa shape index (κ1) is 46.8. The summed E-state index contributed by atoms with van der Waals surface area (Å²) in [5.41, 5.74) is 13.0. The molecule has 2 aliphatic rings. The Hall–Kier alpha value is -6.72. The summed E-state index contributed by atoms with van der Waals surface area (Å²) in [6.45, 7) is 13.7. The van der Waals surface area contributed by atoms with Gasteiger partial charge in [-0.15, -0.1) is 27.5 Å². The molecule has 0 radical (unpaired) electrons. The highest BCUT2D eigenvalue weighted by molar-refractivity contribution is 7.13. The molecule has 18 nitrogen and oxygen atoms in total. The highest BCUT2D eigenvalue weighted by Gasteiger charge is 2.43. The minimum Gasteiger partial charge on any atom is -0.507 e. The normalized spacial score (nSPS) is 17.6. The molecule has 19 heteroatoms. The fourth-order valence-electron chi connectivity index (χ4n) is 8.44. The summed E-state index contributed by atoms with van der Waals surface area (Å²) in [7, 11) is 0. The summed E-state index contributed by atoms with van der Waals surface area (Å²) in [6.07, 6.45) is 5.37. The number of nitrogen functional groups attached to an aromatic ring is 1. The second kappa shape index (κ2) is 21.3. The van der Waals surface area contributed by atoms with Crippen LogP contribution in [0.15, 0.2) is 77.2 Å². The van der Waals surface area contributed by atoms with Crippen molar-refractivity contribution >= 4 is 29.0 Å². The molecule has 2 aliphatic heterocycles. The molecule has 8 rings (SSSR count). The molecule has 2 fully saturated rings. The number of ether oxygens (including phenoxy) is 1. The molecular formula is C48H56N12O6S. The van der Waals surface area contributed by atoms with Crippen LogP contribution in [0.2, 0.25) is 0 Å². The number of hydrogen-bond acceptors (Lipinski definition) is 16. The van der Waals surface area contributed by atoms with E-state index < -0.39 is 18.1 Å². The number of nitrogens with zero attached hydrogens (tertiary/aromatic N) is 10. The van der Waals surface area contributed by atoms with Gasteiger partial charge in [-0.25, -0.2) is 4.98 Å². The second-order valence-electron chi connectivity index (χ2n) is 17.3. The first-order valence-electron chi connectivity index (χ1n) is 22.5. The fourth-order valence-corrected chi connectivity index (χ4v) is 9.22. The third kappa shape index (κ3) is 11.3.